The first-order valence-corrected chi connectivity index (χ1v) is 10.6. The van der Waals surface area contributed by atoms with Crippen LogP contribution in [0.15, 0.2) is 36.5 Å². The normalized spacial score (nSPS) is 22.2. The molecule has 2 aliphatic heterocycles. The Morgan fingerprint density at radius 1 is 1.10 bits per heavy atom. The first kappa shape index (κ1) is 20.5. The number of carbonyl (C=O) groups is 1. The molecular formula is C23H29N3O4. The van der Waals surface area contributed by atoms with Gasteiger partial charge in [0.2, 0.25) is 0 Å². The number of amides is 1. The molecule has 1 N–H and O–H groups in total. The predicted molar refractivity (Wildman–Crippen MR) is 114 cm³/mol. The molecule has 3 heterocycles. The molecule has 0 unspecified atom stereocenters. The first-order chi connectivity index (χ1) is 14.5. The molecule has 1 amide bonds. The van der Waals surface area contributed by atoms with Crippen molar-refractivity contribution in [3.05, 3.63) is 47.7 Å². The van der Waals surface area contributed by atoms with Crippen LogP contribution in [-0.4, -0.2) is 49.4 Å². The highest BCUT2D eigenvalue weighted by molar-refractivity contribution is 5.94. The number of fused-ring (bicyclic) bond motifs is 1. The van der Waals surface area contributed by atoms with Gasteiger partial charge >= 0.3 is 0 Å². The van der Waals surface area contributed by atoms with Crippen molar-refractivity contribution in [2.75, 3.05) is 31.2 Å². The summed E-state index contributed by atoms with van der Waals surface area (Å²) in [6, 6.07) is 9.35. The molecule has 1 aromatic heterocycles. The Labute approximate surface area is 177 Å². The van der Waals surface area contributed by atoms with E-state index in [1.54, 1.807) is 6.20 Å². The number of pyridine rings is 1. The minimum Gasteiger partial charge on any atom is -0.490 e. The van der Waals surface area contributed by atoms with Gasteiger partial charge in [0, 0.05) is 25.7 Å². The van der Waals surface area contributed by atoms with Gasteiger partial charge in [-0.05, 0) is 50.6 Å². The first-order valence-electron chi connectivity index (χ1n) is 10.6. The van der Waals surface area contributed by atoms with Crippen LogP contribution in [0.3, 0.4) is 0 Å². The van der Waals surface area contributed by atoms with Gasteiger partial charge in [-0.3, -0.25) is 4.79 Å². The van der Waals surface area contributed by atoms with Gasteiger partial charge in [-0.2, -0.15) is 0 Å². The van der Waals surface area contributed by atoms with Crippen LogP contribution in [0.4, 0.5) is 5.82 Å². The Morgan fingerprint density at radius 3 is 2.53 bits per heavy atom. The topological polar surface area (TPSA) is 72.9 Å². The average molecular weight is 412 g/mol. The van der Waals surface area contributed by atoms with Crippen molar-refractivity contribution in [1.82, 2.24) is 10.3 Å². The van der Waals surface area contributed by atoms with E-state index in [2.05, 4.69) is 29.0 Å². The lowest BCUT2D eigenvalue weighted by atomic mass is 10.1. The molecule has 3 atom stereocenters. The fourth-order valence-electron chi connectivity index (χ4n) is 3.88. The molecule has 1 fully saturated rings. The van der Waals surface area contributed by atoms with E-state index in [9.17, 15) is 4.79 Å². The maximum absolute atomic E-state index is 12.7. The molecule has 0 spiro atoms. The summed E-state index contributed by atoms with van der Waals surface area (Å²) >= 11 is 0. The average Bonchev–Trinajstić information content (AvgIpc) is 2.98. The van der Waals surface area contributed by atoms with Gasteiger partial charge in [0.05, 0.1) is 37.0 Å². The van der Waals surface area contributed by atoms with E-state index in [0.717, 1.165) is 42.4 Å². The number of hydrogen-bond acceptors (Lipinski definition) is 6. The highest BCUT2D eigenvalue weighted by Gasteiger charge is 2.23. The summed E-state index contributed by atoms with van der Waals surface area (Å²) in [5, 5.41) is 3.04. The molecule has 0 bridgehead atoms. The van der Waals surface area contributed by atoms with Crippen LogP contribution >= 0.6 is 0 Å². The molecule has 7 heteroatoms. The molecule has 1 aromatic carbocycles. The second kappa shape index (κ2) is 8.92. The summed E-state index contributed by atoms with van der Waals surface area (Å²) in [6.45, 7) is 8.96. The van der Waals surface area contributed by atoms with Crippen LogP contribution in [-0.2, 0) is 4.74 Å². The Hall–Kier alpha value is -2.80. The van der Waals surface area contributed by atoms with E-state index in [0.29, 0.717) is 18.8 Å². The number of benzene rings is 1. The molecule has 0 radical (unpaired) electrons. The lowest BCUT2D eigenvalue weighted by Crippen LogP contribution is -2.45. The zero-order valence-electron chi connectivity index (χ0n) is 17.8. The van der Waals surface area contributed by atoms with Gasteiger partial charge in [0.25, 0.3) is 5.91 Å². The van der Waals surface area contributed by atoms with Crippen molar-refractivity contribution in [2.45, 2.75) is 45.4 Å². The van der Waals surface area contributed by atoms with Gasteiger partial charge in [0.15, 0.2) is 11.5 Å². The van der Waals surface area contributed by atoms with Crippen molar-refractivity contribution >= 4 is 11.7 Å². The fourth-order valence-corrected chi connectivity index (χ4v) is 3.88. The van der Waals surface area contributed by atoms with Crippen molar-refractivity contribution in [3.63, 3.8) is 0 Å². The van der Waals surface area contributed by atoms with E-state index in [-0.39, 0.29) is 24.2 Å². The highest BCUT2D eigenvalue weighted by atomic mass is 16.5. The number of morpholine rings is 1. The molecule has 30 heavy (non-hydrogen) atoms. The van der Waals surface area contributed by atoms with Gasteiger partial charge in [-0.15, -0.1) is 0 Å². The number of ether oxygens (including phenoxy) is 3. The summed E-state index contributed by atoms with van der Waals surface area (Å²) in [5.41, 5.74) is 1.50. The van der Waals surface area contributed by atoms with Crippen LogP contribution in [0.25, 0.3) is 0 Å². The quantitative estimate of drug-likeness (QED) is 0.832. The maximum Gasteiger partial charge on any atom is 0.253 e. The van der Waals surface area contributed by atoms with E-state index in [4.69, 9.17) is 14.2 Å². The third-order valence-electron chi connectivity index (χ3n) is 5.37. The number of aromatic nitrogens is 1. The summed E-state index contributed by atoms with van der Waals surface area (Å²) in [6.07, 6.45) is 2.82. The van der Waals surface area contributed by atoms with Crippen LogP contribution < -0.4 is 19.7 Å². The second-order valence-corrected chi connectivity index (χ2v) is 8.02. The predicted octanol–water partition coefficient (Wildman–Crippen LogP) is 3.35. The lowest BCUT2D eigenvalue weighted by molar-refractivity contribution is -0.00546. The standard InChI is InChI=1S/C23H29N3O4/c1-15-13-26(14-16(2)30-15)22-8-6-19(12-24-22)23(27)25-17(3)18-5-7-20-21(11-18)29-10-4-9-28-20/h5-8,11-12,15-17H,4,9-10,13-14H2,1-3H3,(H,25,27)/t15-,16+,17-/m1/s1. The van der Waals surface area contributed by atoms with Gasteiger partial charge < -0.3 is 24.4 Å². The van der Waals surface area contributed by atoms with E-state index in [1.165, 1.54) is 0 Å². The van der Waals surface area contributed by atoms with Crippen LogP contribution in [0.2, 0.25) is 0 Å². The Morgan fingerprint density at radius 2 is 1.83 bits per heavy atom. The maximum atomic E-state index is 12.7. The third kappa shape index (κ3) is 4.67. The number of nitrogens with one attached hydrogen (secondary N) is 1. The molecule has 1 saturated heterocycles. The van der Waals surface area contributed by atoms with Crippen molar-refractivity contribution in [3.8, 4) is 11.5 Å². The number of hydrogen-bond donors (Lipinski definition) is 1. The number of anilines is 1. The van der Waals surface area contributed by atoms with Crippen LogP contribution in [0, 0.1) is 0 Å². The number of nitrogens with zero attached hydrogens (tertiary/aromatic N) is 2. The van der Waals surface area contributed by atoms with Gasteiger partial charge in [-0.25, -0.2) is 4.98 Å². The summed E-state index contributed by atoms with van der Waals surface area (Å²) in [7, 11) is 0. The lowest BCUT2D eigenvalue weighted by Gasteiger charge is -2.36. The zero-order valence-corrected chi connectivity index (χ0v) is 17.8. The number of rotatable bonds is 4. The van der Waals surface area contributed by atoms with Crippen molar-refractivity contribution < 1.29 is 19.0 Å². The molecule has 2 aliphatic rings. The second-order valence-electron chi connectivity index (χ2n) is 8.02. The van der Waals surface area contributed by atoms with Crippen LogP contribution in [0.5, 0.6) is 11.5 Å². The summed E-state index contributed by atoms with van der Waals surface area (Å²) < 4.78 is 17.2. The summed E-state index contributed by atoms with van der Waals surface area (Å²) in [5.74, 6) is 2.19. The van der Waals surface area contributed by atoms with Crippen molar-refractivity contribution in [1.29, 1.82) is 0 Å². The Bertz CT molecular complexity index is 877. The van der Waals surface area contributed by atoms with E-state index < -0.39 is 0 Å². The Balaban J connectivity index is 1.40. The molecule has 4 rings (SSSR count). The zero-order chi connectivity index (χ0) is 21.1. The molecule has 2 aromatic rings. The fraction of sp³-hybridized carbons (Fsp3) is 0.478. The Kier molecular flexibility index (Phi) is 6.08. The SMILES string of the molecule is C[C@@H]1CN(c2ccc(C(=O)N[C@H](C)c3ccc4c(c3)OCCCO4)cn2)C[C@H](C)O1. The largest absolute Gasteiger partial charge is 0.490 e. The van der Waals surface area contributed by atoms with Gasteiger partial charge in [-0.1, -0.05) is 6.07 Å². The molecule has 0 aliphatic carbocycles. The minimum atomic E-state index is -0.171. The highest BCUT2D eigenvalue weighted by Crippen LogP contribution is 2.32. The van der Waals surface area contributed by atoms with Gasteiger partial charge in [0.1, 0.15) is 5.82 Å². The van der Waals surface area contributed by atoms with Crippen molar-refractivity contribution in [2.24, 2.45) is 0 Å². The molecule has 160 valence electrons. The van der Waals surface area contributed by atoms with E-state index >= 15 is 0 Å². The monoisotopic (exact) mass is 411 g/mol. The molecule has 7 nitrogen and oxygen atoms in total. The van der Waals surface area contributed by atoms with Crippen LogP contribution in [0.1, 0.15) is 49.2 Å². The van der Waals surface area contributed by atoms with E-state index in [1.807, 2.05) is 37.3 Å². The number of carbonyl (C=O) groups excluding carboxylic acids is 1. The third-order valence-corrected chi connectivity index (χ3v) is 5.37. The molecule has 0 saturated carbocycles. The molecular weight excluding hydrogens is 382 g/mol. The summed E-state index contributed by atoms with van der Waals surface area (Å²) in [4.78, 5) is 19.4. The smallest absolute Gasteiger partial charge is 0.253 e. The minimum absolute atomic E-state index is 0.155.